The molecule has 0 amide bonds. The molecule has 0 aromatic carbocycles. The lowest BCUT2D eigenvalue weighted by atomic mass is 10.1. The van der Waals surface area contributed by atoms with E-state index >= 15 is 0 Å². The Morgan fingerprint density at radius 2 is 1.83 bits per heavy atom. The topological polar surface area (TPSA) is 61.5 Å². The first-order valence-corrected chi connectivity index (χ1v) is 8.85. The molecule has 0 unspecified atom stereocenters. The highest BCUT2D eigenvalue weighted by Gasteiger charge is 2.44. The summed E-state index contributed by atoms with van der Waals surface area (Å²) in [4.78, 5) is 3.58. The van der Waals surface area contributed by atoms with E-state index in [0.717, 1.165) is 23.6 Å². The second-order valence-electron chi connectivity index (χ2n) is 6.82. The second kappa shape index (κ2) is 7.11. The van der Waals surface area contributed by atoms with E-state index in [1.165, 1.54) is 18.3 Å². The molecule has 3 aromatic rings. The van der Waals surface area contributed by atoms with Crippen molar-refractivity contribution in [3.63, 3.8) is 0 Å². The lowest BCUT2D eigenvalue weighted by molar-refractivity contribution is -0.261. The van der Waals surface area contributed by atoms with Gasteiger partial charge in [0.15, 0.2) is 17.6 Å². The fraction of sp³-hybridized carbons (Fsp3) is 0.389. The highest BCUT2D eigenvalue weighted by Crippen LogP contribution is 2.37. The maximum absolute atomic E-state index is 14.4. The number of pyridine rings is 2. The summed E-state index contributed by atoms with van der Waals surface area (Å²) in [6.45, 7) is 0.723. The molecule has 1 fully saturated rings. The fourth-order valence-electron chi connectivity index (χ4n) is 2.61. The van der Waals surface area contributed by atoms with Crippen LogP contribution < -0.4 is 4.74 Å². The molecule has 0 radical (unpaired) electrons. The van der Waals surface area contributed by atoms with Gasteiger partial charge in [-0.15, -0.1) is 10.2 Å². The number of hydrogen-bond acceptors (Lipinski definition) is 5. The summed E-state index contributed by atoms with van der Waals surface area (Å²) in [7, 11) is 0. The standard InChI is InChI=1S/C18H14F6N4O2/c1-9(17(20,21)22)29-15-13(19)6-11(7-25-15)10-2-5-14-26-27-16(28(14)8-10)18(23,24)30-12-3-4-12/h2,5-9,12H,3-4H2,1H3/t9-/m1/s1. The predicted molar refractivity (Wildman–Crippen MR) is 90.3 cm³/mol. The van der Waals surface area contributed by atoms with Gasteiger partial charge in [-0.2, -0.15) is 22.0 Å². The molecule has 0 saturated heterocycles. The minimum atomic E-state index is -4.68. The molecular formula is C18H14F6N4O2. The van der Waals surface area contributed by atoms with Crippen LogP contribution in [0, 0.1) is 5.82 Å². The Hall–Kier alpha value is -2.89. The maximum atomic E-state index is 14.4. The van der Waals surface area contributed by atoms with Crippen LogP contribution in [0.4, 0.5) is 26.3 Å². The van der Waals surface area contributed by atoms with E-state index in [0.29, 0.717) is 12.8 Å². The Morgan fingerprint density at radius 1 is 1.10 bits per heavy atom. The summed E-state index contributed by atoms with van der Waals surface area (Å²) in [6.07, 6.45) is -7.77. The summed E-state index contributed by atoms with van der Waals surface area (Å²) < 4.78 is 90.9. The average molecular weight is 432 g/mol. The lowest BCUT2D eigenvalue weighted by Crippen LogP contribution is -2.31. The highest BCUT2D eigenvalue weighted by atomic mass is 19.4. The van der Waals surface area contributed by atoms with Crippen LogP contribution in [0.2, 0.25) is 0 Å². The van der Waals surface area contributed by atoms with Crippen molar-refractivity contribution in [2.24, 2.45) is 0 Å². The van der Waals surface area contributed by atoms with Crippen LogP contribution in [0.5, 0.6) is 5.88 Å². The molecule has 0 N–H and O–H groups in total. The third kappa shape index (κ3) is 4.04. The van der Waals surface area contributed by atoms with Crippen LogP contribution in [0.15, 0.2) is 30.6 Å². The summed E-state index contributed by atoms with van der Waals surface area (Å²) >= 11 is 0. The van der Waals surface area contributed by atoms with Crippen molar-refractivity contribution in [3.05, 3.63) is 42.2 Å². The number of rotatable bonds is 6. The monoisotopic (exact) mass is 432 g/mol. The van der Waals surface area contributed by atoms with Crippen LogP contribution in [-0.4, -0.2) is 38.0 Å². The molecule has 3 aromatic heterocycles. The molecule has 12 heteroatoms. The quantitative estimate of drug-likeness (QED) is 0.538. The zero-order valence-electron chi connectivity index (χ0n) is 15.3. The molecule has 4 rings (SSSR count). The van der Waals surface area contributed by atoms with Gasteiger partial charge in [0.25, 0.3) is 5.88 Å². The smallest absolute Gasteiger partial charge is 0.425 e. The van der Waals surface area contributed by atoms with Crippen molar-refractivity contribution < 1.29 is 35.8 Å². The summed E-state index contributed by atoms with van der Waals surface area (Å²) in [5.41, 5.74) is 0.500. The number of hydrogen-bond donors (Lipinski definition) is 0. The van der Waals surface area contributed by atoms with Gasteiger partial charge in [0, 0.05) is 23.5 Å². The van der Waals surface area contributed by atoms with Crippen LogP contribution in [-0.2, 0) is 10.8 Å². The number of nitrogens with zero attached hydrogens (tertiary/aromatic N) is 4. The van der Waals surface area contributed by atoms with Gasteiger partial charge in [-0.25, -0.2) is 9.37 Å². The van der Waals surface area contributed by atoms with Gasteiger partial charge >= 0.3 is 12.3 Å². The van der Waals surface area contributed by atoms with E-state index < -0.39 is 42.0 Å². The Morgan fingerprint density at radius 3 is 2.47 bits per heavy atom. The molecule has 3 heterocycles. The minimum absolute atomic E-state index is 0.111. The van der Waals surface area contributed by atoms with E-state index in [1.807, 2.05) is 0 Å². The molecule has 1 aliphatic carbocycles. The van der Waals surface area contributed by atoms with E-state index in [4.69, 9.17) is 4.74 Å². The van der Waals surface area contributed by atoms with Gasteiger partial charge < -0.3 is 9.47 Å². The predicted octanol–water partition coefficient (Wildman–Crippen LogP) is 4.49. The van der Waals surface area contributed by atoms with Crippen molar-refractivity contribution >= 4 is 5.65 Å². The molecule has 30 heavy (non-hydrogen) atoms. The molecule has 0 spiro atoms. The summed E-state index contributed by atoms with van der Waals surface area (Å²) in [6, 6.07) is 3.74. The van der Waals surface area contributed by atoms with E-state index in [2.05, 4.69) is 19.9 Å². The Labute approximate surface area is 165 Å². The Kier molecular flexibility index (Phi) is 4.83. The summed E-state index contributed by atoms with van der Waals surface area (Å²) in [5.74, 6) is -2.69. The zero-order valence-corrected chi connectivity index (χ0v) is 15.3. The summed E-state index contributed by atoms with van der Waals surface area (Å²) in [5, 5.41) is 7.16. The van der Waals surface area contributed by atoms with Crippen molar-refractivity contribution in [2.75, 3.05) is 0 Å². The largest absolute Gasteiger partial charge is 0.463 e. The van der Waals surface area contributed by atoms with Crippen molar-refractivity contribution in [3.8, 4) is 17.0 Å². The number of aromatic nitrogens is 4. The van der Waals surface area contributed by atoms with Gasteiger partial charge in [-0.3, -0.25) is 4.40 Å². The highest BCUT2D eigenvalue weighted by molar-refractivity contribution is 5.64. The lowest BCUT2D eigenvalue weighted by Gasteiger charge is -2.17. The molecule has 160 valence electrons. The van der Waals surface area contributed by atoms with Gasteiger partial charge in [0.2, 0.25) is 5.82 Å². The third-order valence-electron chi connectivity index (χ3n) is 4.39. The first-order valence-electron chi connectivity index (χ1n) is 8.85. The third-order valence-corrected chi connectivity index (χ3v) is 4.39. The molecule has 1 saturated carbocycles. The number of fused-ring (bicyclic) bond motifs is 1. The number of alkyl halides is 5. The maximum Gasteiger partial charge on any atom is 0.425 e. The fourth-order valence-corrected chi connectivity index (χ4v) is 2.61. The molecule has 0 aliphatic heterocycles. The van der Waals surface area contributed by atoms with E-state index in [1.54, 1.807) is 0 Å². The molecule has 6 nitrogen and oxygen atoms in total. The molecule has 1 atom stereocenters. The molecule has 1 aliphatic rings. The van der Waals surface area contributed by atoms with E-state index in [9.17, 15) is 26.3 Å². The van der Waals surface area contributed by atoms with Gasteiger partial charge in [-0.1, -0.05) is 0 Å². The van der Waals surface area contributed by atoms with Crippen molar-refractivity contribution in [1.82, 2.24) is 19.6 Å². The molecule has 0 bridgehead atoms. The molecular weight excluding hydrogens is 418 g/mol. The van der Waals surface area contributed by atoms with Gasteiger partial charge in [-0.05, 0) is 38.0 Å². The zero-order chi connectivity index (χ0) is 21.7. The van der Waals surface area contributed by atoms with Crippen LogP contribution in [0.3, 0.4) is 0 Å². The SMILES string of the molecule is C[C@@H](Oc1ncc(-c2ccc3nnc(C(F)(F)OC4CC4)n3c2)cc1F)C(F)(F)F. The van der Waals surface area contributed by atoms with Crippen LogP contribution in [0.1, 0.15) is 25.6 Å². The first kappa shape index (κ1) is 20.4. The number of ether oxygens (including phenoxy) is 2. The Bertz CT molecular complexity index is 1080. The normalized spacial score (nSPS) is 16.1. The van der Waals surface area contributed by atoms with Crippen LogP contribution in [0.25, 0.3) is 16.8 Å². The van der Waals surface area contributed by atoms with Crippen LogP contribution >= 0.6 is 0 Å². The minimum Gasteiger partial charge on any atom is -0.463 e. The first-order chi connectivity index (χ1) is 14.0. The van der Waals surface area contributed by atoms with E-state index in [-0.39, 0.29) is 16.8 Å². The second-order valence-corrected chi connectivity index (χ2v) is 6.82. The van der Waals surface area contributed by atoms with Gasteiger partial charge in [0.05, 0.1) is 6.10 Å². The van der Waals surface area contributed by atoms with Gasteiger partial charge in [0.1, 0.15) is 0 Å². The van der Waals surface area contributed by atoms with Crippen molar-refractivity contribution in [1.29, 1.82) is 0 Å². The average Bonchev–Trinajstić information content (AvgIpc) is 3.35. The van der Waals surface area contributed by atoms with Crippen molar-refractivity contribution in [2.45, 2.75) is 44.3 Å². The number of halogens is 6. The Balaban J connectivity index is 1.64.